The first kappa shape index (κ1) is 19.4. The molecule has 0 aliphatic carbocycles. The molecule has 0 aromatic heterocycles. The highest BCUT2D eigenvalue weighted by molar-refractivity contribution is 7.88. The summed E-state index contributed by atoms with van der Waals surface area (Å²) in [6, 6.07) is 16.0. The Kier molecular flexibility index (Phi) is 4.83. The van der Waals surface area contributed by atoms with Gasteiger partial charge >= 0.3 is 15.6 Å². The minimum atomic E-state index is -5.96. The number of benzene rings is 3. The Labute approximate surface area is 157 Å². The standard InChI is InChI=1S/C19H10F3NO4S/c20-19(21,22)28(25,26)27-17-10-15-4-2-1-3-14(15)9-16(17)18(24)13-7-5-12(11-23)6-8-13/h1-10H. The monoisotopic (exact) mass is 405 g/mol. The Morgan fingerprint density at radius 3 is 2.07 bits per heavy atom. The van der Waals surface area contributed by atoms with Gasteiger partial charge in [-0.05, 0) is 47.2 Å². The van der Waals surface area contributed by atoms with Crippen molar-refractivity contribution in [2.75, 3.05) is 0 Å². The van der Waals surface area contributed by atoms with Gasteiger partial charge in [0.25, 0.3) is 0 Å². The quantitative estimate of drug-likeness (QED) is 0.370. The maximum absolute atomic E-state index is 12.8. The van der Waals surface area contributed by atoms with Crippen molar-refractivity contribution in [2.45, 2.75) is 5.51 Å². The third-order valence-corrected chi connectivity index (χ3v) is 4.82. The number of fused-ring (bicyclic) bond motifs is 1. The lowest BCUT2D eigenvalue weighted by molar-refractivity contribution is -0.0500. The summed E-state index contributed by atoms with van der Waals surface area (Å²) in [5.74, 6) is -1.48. The first-order valence-corrected chi connectivity index (χ1v) is 9.11. The highest BCUT2D eigenvalue weighted by atomic mass is 32.2. The molecular weight excluding hydrogens is 395 g/mol. The molecule has 0 aliphatic rings. The summed E-state index contributed by atoms with van der Waals surface area (Å²) in [5.41, 5.74) is -5.65. The highest BCUT2D eigenvalue weighted by Gasteiger charge is 2.49. The Morgan fingerprint density at radius 1 is 0.964 bits per heavy atom. The molecule has 28 heavy (non-hydrogen) atoms. The molecule has 0 atom stereocenters. The van der Waals surface area contributed by atoms with Crippen molar-refractivity contribution in [3.63, 3.8) is 0 Å². The molecule has 0 N–H and O–H groups in total. The predicted octanol–water partition coefficient (Wildman–Crippen LogP) is 4.17. The summed E-state index contributed by atoms with van der Waals surface area (Å²) >= 11 is 0. The molecule has 0 fully saturated rings. The van der Waals surface area contributed by atoms with Gasteiger partial charge in [0, 0.05) is 5.56 Å². The molecule has 5 nitrogen and oxygen atoms in total. The second kappa shape index (κ2) is 6.98. The summed E-state index contributed by atoms with van der Waals surface area (Å²) in [4.78, 5) is 12.8. The fourth-order valence-corrected chi connectivity index (χ4v) is 2.95. The third-order valence-electron chi connectivity index (χ3n) is 3.85. The second-order valence-corrected chi connectivity index (χ2v) is 7.23. The molecule has 9 heteroatoms. The first-order chi connectivity index (χ1) is 13.1. The van der Waals surface area contributed by atoms with E-state index in [2.05, 4.69) is 4.18 Å². The largest absolute Gasteiger partial charge is 0.534 e. The van der Waals surface area contributed by atoms with E-state index in [1.54, 1.807) is 24.3 Å². The minimum Gasteiger partial charge on any atom is -0.375 e. The number of alkyl halides is 3. The van der Waals surface area contributed by atoms with Gasteiger partial charge in [0.2, 0.25) is 0 Å². The summed E-state index contributed by atoms with van der Waals surface area (Å²) in [6.45, 7) is 0. The van der Waals surface area contributed by atoms with Crippen LogP contribution in [0, 0.1) is 11.3 Å². The summed E-state index contributed by atoms with van der Waals surface area (Å²) in [7, 11) is -5.96. The molecule has 0 spiro atoms. The molecule has 0 aliphatic heterocycles. The average Bonchev–Trinajstić information content (AvgIpc) is 2.66. The molecule has 0 unspecified atom stereocenters. The molecule has 0 heterocycles. The zero-order valence-corrected chi connectivity index (χ0v) is 14.7. The van der Waals surface area contributed by atoms with Crippen molar-refractivity contribution in [3.8, 4) is 11.8 Å². The van der Waals surface area contributed by atoms with Crippen LogP contribution in [-0.4, -0.2) is 19.7 Å². The number of carbonyl (C=O) groups is 1. The van der Waals surface area contributed by atoms with Gasteiger partial charge in [-0.3, -0.25) is 4.79 Å². The van der Waals surface area contributed by atoms with Crippen molar-refractivity contribution in [2.24, 2.45) is 0 Å². The van der Waals surface area contributed by atoms with E-state index in [4.69, 9.17) is 5.26 Å². The smallest absolute Gasteiger partial charge is 0.375 e. The molecule has 3 aromatic carbocycles. The number of rotatable bonds is 4. The molecule has 0 saturated heterocycles. The maximum Gasteiger partial charge on any atom is 0.534 e. The van der Waals surface area contributed by atoms with E-state index in [0.717, 1.165) is 6.07 Å². The van der Waals surface area contributed by atoms with Crippen LogP contribution in [-0.2, 0) is 10.1 Å². The van der Waals surface area contributed by atoms with Gasteiger partial charge in [0.05, 0.1) is 17.2 Å². The first-order valence-electron chi connectivity index (χ1n) is 7.71. The molecule has 3 rings (SSSR count). The van der Waals surface area contributed by atoms with Crippen LogP contribution in [0.15, 0.2) is 60.7 Å². The van der Waals surface area contributed by atoms with Gasteiger partial charge in [0.1, 0.15) is 0 Å². The van der Waals surface area contributed by atoms with Crippen LogP contribution in [0.1, 0.15) is 21.5 Å². The van der Waals surface area contributed by atoms with Gasteiger partial charge in [-0.15, -0.1) is 0 Å². The number of hydrogen-bond acceptors (Lipinski definition) is 5. The predicted molar refractivity (Wildman–Crippen MR) is 94.1 cm³/mol. The number of ketones is 1. The Morgan fingerprint density at radius 2 is 1.54 bits per heavy atom. The average molecular weight is 405 g/mol. The zero-order chi connectivity index (χ0) is 20.5. The van der Waals surface area contributed by atoms with Crippen LogP contribution >= 0.6 is 0 Å². The lowest BCUT2D eigenvalue weighted by Crippen LogP contribution is -2.28. The third kappa shape index (κ3) is 3.68. The lowest BCUT2D eigenvalue weighted by Gasteiger charge is -2.14. The topological polar surface area (TPSA) is 84.2 Å². The fourth-order valence-electron chi connectivity index (χ4n) is 2.48. The minimum absolute atomic E-state index is 0.0588. The summed E-state index contributed by atoms with van der Waals surface area (Å²) < 4.78 is 65.4. The van der Waals surface area contributed by atoms with Gasteiger partial charge in [-0.1, -0.05) is 24.3 Å². The molecule has 3 aromatic rings. The fraction of sp³-hybridized carbons (Fsp3) is 0.0526. The maximum atomic E-state index is 12.8. The number of nitriles is 1. The van der Waals surface area contributed by atoms with Gasteiger partial charge in [-0.2, -0.15) is 26.9 Å². The van der Waals surface area contributed by atoms with Crippen LogP contribution in [0.2, 0.25) is 0 Å². The Bertz CT molecular complexity index is 1210. The normalized spacial score (nSPS) is 11.8. The lowest BCUT2D eigenvalue weighted by atomic mass is 9.98. The van der Waals surface area contributed by atoms with Crippen molar-refractivity contribution in [3.05, 3.63) is 77.4 Å². The summed E-state index contributed by atoms with van der Waals surface area (Å²) in [5, 5.41) is 9.73. The Balaban J connectivity index is 2.16. The molecule has 0 radical (unpaired) electrons. The van der Waals surface area contributed by atoms with E-state index >= 15 is 0 Å². The van der Waals surface area contributed by atoms with Crippen LogP contribution in [0.3, 0.4) is 0 Å². The molecule has 0 saturated carbocycles. The van der Waals surface area contributed by atoms with E-state index < -0.39 is 27.2 Å². The van der Waals surface area contributed by atoms with Gasteiger partial charge in [0.15, 0.2) is 11.5 Å². The van der Waals surface area contributed by atoms with Crippen LogP contribution < -0.4 is 4.18 Å². The van der Waals surface area contributed by atoms with E-state index in [0.29, 0.717) is 10.8 Å². The second-order valence-electron chi connectivity index (χ2n) is 5.70. The van der Waals surface area contributed by atoms with E-state index in [9.17, 15) is 26.4 Å². The summed E-state index contributed by atoms with van der Waals surface area (Å²) in [6.07, 6.45) is 0. The van der Waals surface area contributed by atoms with Crippen molar-refractivity contribution in [1.29, 1.82) is 5.26 Å². The molecular formula is C19H10F3NO4S. The molecule has 0 bridgehead atoms. The zero-order valence-electron chi connectivity index (χ0n) is 13.9. The number of halogens is 3. The van der Waals surface area contributed by atoms with Gasteiger partial charge < -0.3 is 4.18 Å². The number of hydrogen-bond donors (Lipinski definition) is 0. The van der Waals surface area contributed by atoms with Crippen molar-refractivity contribution >= 4 is 26.7 Å². The van der Waals surface area contributed by atoms with E-state index in [1.807, 2.05) is 6.07 Å². The van der Waals surface area contributed by atoms with Crippen molar-refractivity contribution in [1.82, 2.24) is 0 Å². The van der Waals surface area contributed by atoms with Crippen LogP contribution in [0.5, 0.6) is 5.75 Å². The van der Waals surface area contributed by atoms with E-state index in [-0.39, 0.29) is 16.7 Å². The van der Waals surface area contributed by atoms with Gasteiger partial charge in [-0.25, -0.2) is 0 Å². The SMILES string of the molecule is N#Cc1ccc(C(=O)c2cc3ccccc3cc2OS(=O)(=O)C(F)(F)F)cc1. The molecule has 142 valence electrons. The van der Waals surface area contributed by atoms with Crippen LogP contribution in [0.4, 0.5) is 13.2 Å². The number of carbonyl (C=O) groups excluding carboxylic acids is 1. The van der Waals surface area contributed by atoms with Crippen LogP contribution in [0.25, 0.3) is 10.8 Å². The molecule has 0 amide bonds. The van der Waals surface area contributed by atoms with Crippen molar-refractivity contribution < 1.29 is 30.6 Å². The Hall–Kier alpha value is -3.38. The number of nitrogens with zero attached hydrogens (tertiary/aromatic N) is 1. The van der Waals surface area contributed by atoms with E-state index in [1.165, 1.54) is 30.3 Å². The highest BCUT2D eigenvalue weighted by Crippen LogP contribution is 2.33.